The van der Waals surface area contributed by atoms with E-state index in [1.54, 1.807) is 25.3 Å². The van der Waals surface area contributed by atoms with Crippen LogP contribution in [0.4, 0.5) is 0 Å². The van der Waals surface area contributed by atoms with Crippen molar-refractivity contribution in [1.82, 2.24) is 0 Å². The summed E-state index contributed by atoms with van der Waals surface area (Å²) in [7, 11) is 3.12. The molecule has 2 aromatic rings. The smallest absolute Gasteiger partial charge is 0.286 e. The largest absolute Gasteiger partial charge is 0.497 e. The summed E-state index contributed by atoms with van der Waals surface area (Å²) in [6, 6.07) is 10.7. The zero-order valence-corrected chi connectivity index (χ0v) is 17.4. The molecule has 0 atom stereocenters. The third-order valence-electron chi connectivity index (χ3n) is 3.84. The van der Waals surface area contributed by atoms with E-state index < -0.39 is 0 Å². The number of aliphatic imine (C=N–C) groups is 1. The average Bonchev–Trinajstić information content (AvgIpc) is 3.03. The topological polar surface area (TPSA) is 92.4 Å². The van der Waals surface area contributed by atoms with Crippen LogP contribution in [-0.2, 0) is 4.79 Å². The Morgan fingerprint density at radius 1 is 1.07 bits per heavy atom. The highest BCUT2D eigenvalue weighted by Gasteiger charge is 2.20. The molecule has 1 aliphatic heterocycles. The van der Waals surface area contributed by atoms with Gasteiger partial charge in [0.15, 0.2) is 16.7 Å². The molecule has 1 amide bonds. The Morgan fingerprint density at radius 2 is 1.76 bits per heavy atom. The van der Waals surface area contributed by atoms with E-state index in [1.807, 2.05) is 24.3 Å². The van der Waals surface area contributed by atoms with Crippen molar-refractivity contribution in [3.8, 4) is 23.0 Å². The molecule has 9 heteroatoms. The van der Waals surface area contributed by atoms with E-state index >= 15 is 0 Å². The molecule has 0 unspecified atom stereocenters. The summed E-state index contributed by atoms with van der Waals surface area (Å²) in [5.41, 5.74) is 6.24. The number of halogens is 1. The molecule has 3 rings (SSSR count). The van der Waals surface area contributed by atoms with Crippen LogP contribution in [0.15, 0.2) is 46.3 Å². The van der Waals surface area contributed by atoms with Crippen molar-refractivity contribution in [2.75, 3.05) is 27.4 Å². The minimum absolute atomic E-state index is 0.219. The summed E-state index contributed by atoms with van der Waals surface area (Å²) in [6.45, 7) is 0.584. The van der Waals surface area contributed by atoms with Gasteiger partial charge in [0.05, 0.1) is 24.1 Å². The summed E-state index contributed by atoms with van der Waals surface area (Å²) in [6.07, 6.45) is 1.65. The number of carbonyl (C=O) groups excluding carboxylic acids is 1. The number of benzene rings is 2. The van der Waals surface area contributed by atoms with Crippen LogP contribution in [0.1, 0.15) is 5.56 Å². The molecule has 0 radical (unpaired) electrons. The number of amides is 1. The number of ether oxygens (including phenoxy) is 4. The first-order valence-corrected chi connectivity index (χ1v) is 9.75. The van der Waals surface area contributed by atoms with Crippen molar-refractivity contribution in [2.24, 2.45) is 10.7 Å². The fourth-order valence-electron chi connectivity index (χ4n) is 2.52. The van der Waals surface area contributed by atoms with Gasteiger partial charge in [-0.25, -0.2) is 0 Å². The van der Waals surface area contributed by atoms with Crippen LogP contribution in [-0.4, -0.2) is 38.5 Å². The second-order valence-corrected chi connectivity index (χ2v) is 7.24. The molecule has 1 aliphatic rings. The van der Waals surface area contributed by atoms with E-state index in [-0.39, 0.29) is 17.7 Å². The van der Waals surface area contributed by atoms with Gasteiger partial charge < -0.3 is 24.7 Å². The van der Waals surface area contributed by atoms with Gasteiger partial charge in [-0.2, -0.15) is 4.99 Å². The number of hydrogen-bond donors (Lipinski definition) is 1. The Bertz CT molecular complexity index is 960. The Labute approximate surface area is 177 Å². The van der Waals surface area contributed by atoms with Gasteiger partial charge in [-0.1, -0.05) is 11.6 Å². The van der Waals surface area contributed by atoms with Crippen molar-refractivity contribution >= 4 is 40.5 Å². The molecule has 1 heterocycles. The SMILES string of the molecule is COc1ccc(OCCOc2c(Cl)cc(/C=C3\SC(N)=NC3=O)cc2OC)cc1. The number of thioether (sulfide) groups is 1. The van der Waals surface area contributed by atoms with Crippen LogP contribution in [0.5, 0.6) is 23.0 Å². The lowest BCUT2D eigenvalue weighted by Gasteiger charge is -2.14. The van der Waals surface area contributed by atoms with E-state index in [2.05, 4.69) is 4.99 Å². The molecule has 152 valence electrons. The van der Waals surface area contributed by atoms with Gasteiger partial charge in [-0.3, -0.25) is 4.79 Å². The summed E-state index contributed by atoms with van der Waals surface area (Å²) in [4.78, 5) is 15.8. The van der Waals surface area contributed by atoms with Gasteiger partial charge in [0.25, 0.3) is 5.91 Å². The first-order chi connectivity index (χ1) is 14.0. The lowest BCUT2D eigenvalue weighted by Crippen LogP contribution is -2.10. The Hall–Kier alpha value is -2.84. The Morgan fingerprint density at radius 3 is 2.38 bits per heavy atom. The highest BCUT2D eigenvalue weighted by molar-refractivity contribution is 8.18. The van der Waals surface area contributed by atoms with Gasteiger partial charge >= 0.3 is 0 Å². The molecule has 0 saturated carbocycles. The highest BCUT2D eigenvalue weighted by Crippen LogP contribution is 2.38. The highest BCUT2D eigenvalue weighted by atomic mass is 35.5. The number of amidine groups is 1. The molecule has 0 aromatic heterocycles. The van der Waals surface area contributed by atoms with Crippen LogP contribution in [0.2, 0.25) is 5.02 Å². The molecule has 0 bridgehead atoms. The van der Waals surface area contributed by atoms with E-state index in [0.717, 1.165) is 17.5 Å². The Kier molecular flexibility index (Phi) is 6.90. The lowest BCUT2D eigenvalue weighted by atomic mass is 10.2. The zero-order chi connectivity index (χ0) is 20.8. The standard InChI is InChI=1S/C20H19ClN2O5S/c1-25-13-3-5-14(6-4-13)27-7-8-28-18-15(21)9-12(10-16(18)26-2)11-17-19(24)23-20(22)29-17/h3-6,9-11H,7-8H2,1-2H3,(H2,22,23,24)/b17-11-. The van der Waals surface area contributed by atoms with Crippen molar-refractivity contribution in [3.63, 3.8) is 0 Å². The molecule has 0 aliphatic carbocycles. The van der Waals surface area contributed by atoms with Gasteiger partial charge in [-0.15, -0.1) is 0 Å². The zero-order valence-electron chi connectivity index (χ0n) is 15.8. The summed E-state index contributed by atoms with van der Waals surface area (Å²) < 4.78 is 21.9. The first kappa shape index (κ1) is 20.9. The number of carbonyl (C=O) groups is 1. The molecule has 0 fully saturated rings. The van der Waals surface area contributed by atoms with Crippen molar-refractivity contribution in [1.29, 1.82) is 0 Å². The van der Waals surface area contributed by atoms with Crippen molar-refractivity contribution < 1.29 is 23.7 Å². The number of rotatable bonds is 8. The van der Waals surface area contributed by atoms with Crippen LogP contribution < -0.4 is 24.7 Å². The van der Waals surface area contributed by atoms with Crippen LogP contribution >= 0.6 is 23.4 Å². The van der Waals surface area contributed by atoms with Gasteiger partial charge in [0.1, 0.15) is 24.7 Å². The molecule has 29 heavy (non-hydrogen) atoms. The maximum atomic E-state index is 11.8. The molecule has 7 nitrogen and oxygen atoms in total. The monoisotopic (exact) mass is 434 g/mol. The predicted octanol–water partition coefficient (Wildman–Crippen LogP) is 3.74. The average molecular weight is 435 g/mol. The van der Waals surface area contributed by atoms with E-state index in [9.17, 15) is 4.79 Å². The molecule has 0 saturated heterocycles. The number of methoxy groups -OCH3 is 2. The quantitative estimate of drug-likeness (QED) is 0.499. The van der Waals surface area contributed by atoms with E-state index in [4.69, 9.17) is 36.3 Å². The van der Waals surface area contributed by atoms with Gasteiger partial charge in [0.2, 0.25) is 0 Å². The number of nitrogens with zero attached hydrogens (tertiary/aromatic N) is 1. The third kappa shape index (κ3) is 5.36. The summed E-state index contributed by atoms with van der Waals surface area (Å²) in [5, 5.41) is 0.570. The number of hydrogen-bond acceptors (Lipinski definition) is 7. The maximum absolute atomic E-state index is 11.8. The second kappa shape index (κ2) is 9.58. The van der Waals surface area contributed by atoms with Gasteiger partial charge in [-0.05, 0) is 59.8 Å². The predicted molar refractivity (Wildman–Crippen MR) is 114 cm³/mol. The fraction of sp³-hybridized carbons (Fsp3) is 0.200. The molecular formula is C20H19ClN2O5S. The minimum atomic E-state index is -0.376. The Balaban J connectivity index is 1.63. The molecule has 2 N–H and O–H groups in total. The van der Waals surface area contributed by atoms with Crippen molar-refractivity contribution in [3.05, 3.63) is 51.9 Å². The van der Waals surface area contributed by atoms with Crippen LogP contribution in [0.25, 0.3) is 6.08 Å². The van der Waals surface area contributed by atoms with Crippen molar-refractivity contribution in [2.45, 2.75) is 0 Å². The fourth-order valence-corrected chi connectivity index (χ4v) is 3.47. The summed E-state index contributed by atoms with van der Waals surface area (Å²) >= 11 is 7.47. The van der Waals surface area contributed by atoms with Crippen LogP contribution in [0, 0.1) is 0 Å². The third-order valence-corrected chi connectivity index (χ3v) is 4.94. The van der Waals surface area contributed by atoms with E-state index in [0.29, 0.717) is 39.3 Å². The normalized spacial score (nSPS) is 14.7. The molecular weight excluding hydrogens is 416 g/mol. The van der Waals surface area contributed by atoms with Crippen LogP contribution in [0.3, 0.4) is 0 Å². The second-order valence-electron chi connectivity index (χ2n) is 5.77. The van der Waals surface area contributed by atoms with E-state index in [1.165, 1.54) is 7.11 Å². The molecule has 2 aromatic carbocycles. The minimum Gasteiger partial charge on any atom is -0.497 e. The lowest BCUT2D eigenvalue weighted by molar-refractivity contribution is -0.113. The molecule has 0 spiro atoms. The maximum Gasteiger partial charge on any atom is 0.286 e. The summed E-state index contributed by atoms with van der Waals surface area (Å²) in [5.74, 6) is 1.93. The first-order valence-electron chi connectivity index (χ1n) is 8.55. The van der Waals surface area contributed by atoms with Gasteiger partial charge in [0, 0.05) is 0 Å². The number of nitrogens with two attached hydrogens (primary N) is 1.